The Morgan fingerprint density at radius 1 is 1.50 bits per heavy atom. The third kappa shape index (κ3) is 2.16. The van der Waals surface area contributed by atoms with E-state index < -0.39 is 0 Å². The summed E-state index contributed by atoms with van der Waals surface area (Å²) in [6.07, 6.45) is 5.34. The Labute approximate surface area is 70.4 Å². The summed E-state index contributed by atoms with van der Waals surface area (Å²) in [5, 5.41) is 2.89. The zero-order valence-electron chi connectivity index (χ0n) is 6.53. The Morgan fingerprint density at radius 2 is 2.17 bits per heavy atom. The van der Waals surface area contributed by atoms with Gasteiger partial charge in [-0.05, 0) is 0 Å². The second-order valence-electron chi connectivity index (χ2n) is 2.13. The average Bonchev–Trinajstić information content (AvgIpc) is 2.15. The minimum absolute atomic E-state index is 0.471. The monoisotopic (exact) mass is 163 g/mol. The molecular weight excluding hydrogens is 154 g/mol. The lowest BCUT2D eigenvalue weighted by Gasteiger charge is -1.98. The quantitative estimate of drug-likeness (QED) is 0.529. The molecule has 1 N–H and O–H groups in total. The predicted octanol–water partition coefficient (Wildman–Crippen LogP) is 0.887. The van der Waals surface area contributed by atoms with E-state index in [1.807, 2.05) is 0 Å². The minimum atomic E-state index is 0.471. The van der Waals surface area contributed by atoms with Crippen molar-refractivity contribution in [1.29, 1.82) is 0 Å². The number of hydrogen-bond donors (Lipinski definition) is 1. The first kappa shape index (κ1) is 8.39. The maximum Gasteiger partial charge on any atom is 0.222 e. The largest absolute Gasteiger partial charge is 0.351 e. The molecule has 0 radical (unpaired) electrons. The first-order chi connectivity index (χ1) is 5.86. The van der Waals surface area contributed by atoms with Crippen molar-refractivity contribution < 1.29 is 4.79 Å². The fourth-order valence-corrected chi connectivity index (χ4v) is 0.654. The van der Waals surface area contributed by atoms with E-state index in [0.717, 1.165) is 0 Å². The molecule has 0 aliphatic rings. The zero-order valence-corrected chi connectivity index (χ0v) is 6.53. The van der Waals surface area contributed by atoms with Crippen molar-refractivity contribution in [1.82, 2.24) is 9.97 Å². The molecule has 0 aromatic carbocycles. The summed E-state index contributed by atoms with van der Waals surface area (Å²) < 4.78 is 0. The van der Waals surface area contributed by atoms with Gasteiger partial charge < -0.3 is 5.32 Å². The van der Waals surface area contributed by atoms with Gasteiger partial charge in [-0.1, -0.05) is 6.08 Å². The van der Waals surface area contributed by atoms with Crippen LogP contribution in [0.3, 0.4) is 0 Å². The first-order valence-electron chi connectivity index (χ1n) is 3.49. The summed E-state index contributed by atoms with van der Waals surface area (Å²) in [6, 6.07) is 0. The second kappa shape index (κ2) is 4.23. The SMILES string of the molecule is C=CCNc1ncc(C=O)cn1. The van der Waals surface area contributed by atoms with Gasteiger partial charge in [-0.2, -0.15) is 0 Å². The molecule has 0 spiro atoms. The van der Waals surface area contributed by atoms with Crippen LogP contribution in [-0.2, 0) is 0 Å². The maximum absolute atomic E-state index is 10.2. The second-order valence-corrected chi connectivity index (χ2v) is 2.13. The molecule has 1 aromatic rings. The molecule has 0 saturated heterocycles. The molecule has 0 saturated carbocycles. The lowest BCUT2D eigenvalue weighted by atomic mass is 10.4. The van der Waals surface area contributed by atoms with Crippen molar-refractivity contribution in [3.8, 4) is 0 Å². The number of carbonyl (C=O) groups excluding carboxylic acids is 1. The van der Waals surface area contributed by atoms with Crippen LogP contribution in [0.2, 0.25) is 0 Å². The highest BCUT2D eigenvalue weighted by molar-refractivity contribution is 5.73. The smallest absolute Gasteiger partial charge is 0.222 e. The van der Waals surface area contributed by atoms with Crippen LogP contribution in [0.4, 0.5) is 5.95 Å². The van der Waals surface area contributed by atoms with Crippen LogP contribution in [0, 0.1) is 0 Å². The zero-order chi connectivity index (χ0) is 8.81. The topological polar surface area (TPSA) is 54.9 Å². The molecule has 0 atom stereocenters. The Bertz CT molecular complexity index is 268. The number of hydrogen-bond acceptors (Lipinski definition) is 4. The van der Waals surface area contributed by atoms with Crippen molar-refractivity contribution >= 4 is 12.2 Å². The number of aromatic nitrogens is 2. The summed E-state index contributed by atoms with van der Waals surface area (Å²) in [6.45, 7) is 4.15. The highest BCUT2D eigenvalue weighted by Gasteiger charge is 1.93. The van der Waals surface area contributed by atoms with Crippen LogP contribution in [0.1, 0.15) is 10.4 Å². The number of anilines is 1. The van der Waals surface area contributed by atoms with Crippen molar-refractivity contribution in [2.24, 2.45) is 0 Å². The van der Waals surface area contributed by atoms with E-state index in [0.29, 0.717) is 24.3 Å². The van der Waals surface area contributed by atoms with Gasteiger partial charge in [-0.15, -0.1) is 6.58 Å². The molecule has 4 nitrogen and oxygen atoms in total. The van der Waals surface area contributed by atoms with E-state index in [-0.39, 0.29) is 0 Å². The summed E-state index contributed by atoms with van der Waals surface area (Å²) >= 11 is 0. The average molecular weight is 163 g/mol. The molecule has 62 valence electrons. The Morgan fingerprint density at radius 3 is 2.67 bits per heavy atom. The molecule has 0 aliphatic carbocycles. The van der Waals surface area contributed by atoms with Gasteiger partial charge in [0.05, 0.1) is 5.56 Å². The van der Waals surface area contributed by atoms with Crippen molar-refractivity contribution in [3.05, 3.63) is 30.6 Å². The van der Waals surface area contributed by atoms with Gasteiger partial charge in [0.1, 0.15) is 0 Å². The van der Waals surface area contributed by atoms with Crippen LogP contribution in [0.25, 0.3) is 0 Å². The van der Waals surface area contributed by atoms with E-state index >= 15 is 0 Å². The Hall–Kier alpha value is -1.71. The van der Waals surface area contributed by atoms with E-state index in [2.05, 4.69) is 21.9 Å². The van der Waals surface area contributed by atoms with Gasteiger partial charge in [0.15, 0.2) is 6.29 Å². The molecular formula is C8H9N3O. The maximum atomic E-state index is 10.2. The molecule has 0 bridgehead atoms. The molecule has 1 rings (SSSR count). The summed E-state index contributed by atoms with van der Waals surface area (Å²) in [7, 11) is 0. The third-order valence-corrected chi connectivity index (χ3v) is 1.21. The van der Waals surface area contributed by atoms with Crippen molar-refractivity contribution in [2.75, 3.05) is 11.9 Å². The summed E-state index contributed by atoms with van der Waals surface area (Å²) in [4.78, 5) is 18.0. The first-order valence-corrected chi connectivity index (χ1v) is 3.49. The fraction of sp³-hybridized carbons (Fsp3) is 0.125. The van der Waals surface area contributed by atoms with Gasteiger partial charge >= 0.3 is 0 Å². The molecule has 0 amide bonds. The Balaban J connectivity index is 2.64. The number of nitrogens with zero attached hydrogens (tertiary/aromatic N) is 2. The molecule has 0 aliphatic heterocycles. The predicted molar refractivity (Wildman–Crippen MR) is 46.1 cm³/mol. The molecule has 12 heavy (non-hydrogen) atoms. The number of carbonyl (C=O) groups is 1. The number of aldehydes is 1. The lowest BCUT2D eigenvalue weighted by molar-refractivity contribution is 0.112. The highest BCUT2D eigenvalue weighted by Crippen LogP contribution is 1.96. The normalized spacial score (nSPS) is 9.00. The highest BCUT2D eigenvalue weighted by atomic mass is 16.1. The van der Waals surface area contributed by atoms with Crippen LogP contribution in [0.5, 0.6) is 0 Å². The number of nitrogens with one attached hydrogen (secondary N) is 1. The minimum Gasteiger partial charge on any atom is -0.351 e. The van der Waals surface area contributed by atoms with Crippen LogP contribution < -0.4 is 5.32 Å². The summed E-state index contributed by atoms with van der Waals surface area (Å²) in [5.41, 5.74) is 0.471. The van der Waals surface area contributed by atoms with Gasteiger partial charge in [-0.3, -0.25) is 4.79 Å². The van der Waals surface area contributed by atoms with Gasteiger partial charge in [-0.25, -0.2) is 9.97 Å². The molecule has 1 heterocycles. The molecule has 0 unspecified atom stereocenters. The van der Waals surface area contributed by atoms with Gasteiger partial charge in [0.2, 0.25) is 5.95 Å². The molecule has 4 heteroatoms. The fourth-order valence-electron chi connectivity index (χ4n) is 0.654. The van der Waals surface area contributed by atoms with Crippen LogP contribution in [0.15, 0.2) is 25.0 Å². The van der Waals surface area contributed by atoms with Crippen molar-refractivity contribution in [2.45, 2.75) is 0 Å². The van der Waals surface area contributed by atoms with Gasteiger partial charge in [0, 0.05) is 18.9 Å². The lowest BCUT2D eigenvalue weighted by Crippen LogP contribution is -2.02. The number of rotatable bonds is 4. The summed E-state index contributed by atoms with van der Waals surface area (Å²) in [5.74, 6) is 0.500. The third-order valence-electron chi connectivity index (χ3n) is 1.21. The van der Waals surface area contributed by atoms with E-state index in [4.69, 9.17) is 0 Å². The van der Waals surface area contributed by atoms with E-state index in [9.17, 15) is 4.79 Å². The van der Waals surface area contributed by atoms with Gasteiger partial charge in [0.25, 0.3) is 0 Å². The van der Waals surface area contributed by atoms with E-state index in [1.165, 1.54) is 12.4 Å². The van der Waals surface area contributed by atoms with E-state index in [1.54, 1.807) is 6.08 Å². The van der Waals surface area contributed by atoms with Crippen LogP contribution in [-0.4, -0.2) is 22.8 Å². The van der Waals surface area contributed by atoms with Crippen LogP contribution >= 0.6 is 0 Å². The molecule has 1 aromatic heterocycles. The Kier molecular flexibility index (Phi) is 2.95. The van der Waals surface area contributed by atoms with Crippen molar-refractivity contribution in [3.63, 3.8) is 0 Å². The standard InChI is InChI=1S/C8H9N3O/c1-2-3-9-8-10-4-7(6-12)5-11-8/h2,4-6H,1,3H2,(H,9,10,11). The molecule has 0 fully saturated rings.